The van der Waals surface area contributed by atoms with Gasteiger partial charge in [0, 0.05) is 23.8 Å². The van der Waals surface area contributed by atoms with Gasteiger partial charge >= 0.3 is 5.76 Å². The third-order valence-electron chi connectivity index (χ3n) is 3.08. The smallest absolute Gasteiger partial charge is 0.408 e. The maximum absolute atomic E-state index is 11.8. The second-order valence-electron chi connectivity index (χ2n) is 4.42. The third-order valence-corrected chi connectivity index (χ3v) is 3.33. The molecule has 0 spiro atoms. The quantitative estimate of drug-likeness (QED) is 0.801. The summed E-state index contributed by atoms with van der Waals surface area (Å²) < 4.78 is 6.80. The first-order chi connectivity index (χ1) is 9.74. The molecule has 0 atom stereocenters. The number of benzene rings is 2. The van der Waals surface area contributed by atoms with Crippen molar-refractivity contribution in [2.45, 2.75) is 6.54 Å². The highest BCUT2D eigenvalue weighted by Crippen LogP contribution is 2.14. The van der Waals surface area contributed by atoms with Gasteiger partial charge in [0.15, 0.2) is 5.58 Å². The molecule has 0 aliphatic heterocycles. The van der Waals surface area contributed by atoms with Crippen molar-refractivity contribution < 1.29 is 4.42 Å². The lowest BCUT2D eigenvalue weighted by molar-refractivity contribution is 0.510. The first-order valence-electron chi connectivity index (χ1n) is 6.32. The molecule has 0 radical (unpaired) electrons. The summed E-state index contributed by atoms with van der Waals surface area (Å²) in [4.78, 5) is 11.8. The second kappa shape index (κ2) is 5.43. The summed E-state index contributed by atoms with van der Waals surface area (Å²) in [6, 6.07) is 14.9. The van der Waals surface area contributed by atoms with Gasteiger partial charge in [-0.05, 0) is 36.4 Å². The molecule has 0 aliphatic carbocycles. The molecular formula is C15H13ClN2O2. The Morgan fingerprint density at radius 1 is 1.10 bits per heavy atom. The standard InChI is InChI=1S/C15H13ClN2O2/c16-11-5-7-12(8-6-11)17-9-10-18-13-3-1-2-4-14(13)20-15(18)19/h1-8,17H,9-10H2. The zero-order valence-corrected chi connectivity index (χ0v) is 11.4. The molecule has 3 rings (SSSR count). The van der Waals surface area contributed by atoms with E-state index in [9.17, 15) is 4.79 Å². The van der Waals surface area contributed by atoms with Crippen LogP contribution in [0.4, 0.5) is 5.69 Å². The predicted octanol–water partition coefficient (Wildman–Crippen LogP) is 3.36. The highest BCUT2D eigenvalue weighted by Gasteiger charge is 2.07. The Kier molecular flexibility index (Phi) is 3.48. The minimum Gasteiger partial charge on any atom is -0.408 e. The van der Waals surface area contributed by atoms with Crippen LogP contribution in [0.5, 0.6) is 0 Å². The van der Waals surface area contributed by atoms with Crippen LogP contribution in [0.2, 0.25) is 5.02 Å². The van der Waals surface area contributed by atoms with Crippen molar-refractivity contribution in [3.63, 3.8) is 0 Å². The Bertz CT molecular complexity index is 774. The molecule has 2 aromatic carbocycles. The number of oxazole rings is 1. The summed E-state index contributed by atoms with van der Waals surface area (Å²) in [7, 11) is 0. The van der Waals surface area contributed by atoms with Gasteiger partial charge in [-0.2, -0.15) is 0 Å². The van der Waals surface area contributed by atoms with Crippen LogP contribution in [0.15, 0.2) is 57.7 Å². The number of anilines is 1. The van der Waals surface area contributed by atoms with E-state index in [0.717, 1.165) is 11.2 Å². The van der Waals surface area contributed by atoms with Gasteiger partial charge < -0.3 is 9.73 Å². The molecule has 0 bridgehead atoms. The van der Waals surface area contributed by atoms with E-state index in [4.69, 9.17) is 16.0 Å². The Balaban J connectivity index is 1.72. The van der Waals surface area contributed by atoms with Crippen molar-refractivity contribution in [3.05, 3.63) is 64.1 Å². The molecule has 0 aliphatic rings. The molecule has 3 aromatic rings. The van der Waals surface area contributed by atoms with Gasteiger partial charge in [0.05, 0.1) is 5.52 Å². The summed E-state index contributed by atoms with van der Waals surface area (Å²) in [6.07, 6.45) is 0. The highest BCUT2D eigenvalue weighted by atomic mass is 35.5. The lowest BCUT2D eigenvalue weighted by Gasteiger charge is -2.06. The van der Waals surface area contributed by atoms with E-state index >= 15 is 0 Å². The van der Waals surface area contributed by atoms with Crippen molar-refractivity contribution in [3.8, 4) is 0 Å². The van der Waals surface area contributed by atoms with Crippen molar-refractivity contribution in [2.24, 2.45) is 0 Å². The fraction of sp³-hybridized carbons (Fsp3) is 0.133. The number of nitrogens with one attached hydrogen (secondary N) is 1. The van der Waals surface area contributed by atoms with E-state index in [-0.39, 0.29) is 5.76 Å². The molecule has 0 saturated heterocycles. The van der Waals surface area contributed by atoms with Crippen LogP contribution >= 0.6 is 11.6 Å². The van der Waals surface area contributed by atoms with Crippen LogP contribution in [-0.2, 0) is 6.54 Å². The third kappa shape index (κ3) is 2.56. The molecule has 0 amide bonds. The molecule has 20 heavy (non-hydrogen) atoms. The van der Waals surface area contributed by atoms with E-state index in [2.05, 4.69) is 5.32 Å². The Hall–Kier alpha value is -2.20. The molecule has 102 valence electrons. The minimum atomic E-state index is -0.330. The predicted molar refractivity (Wildman–Crippen MR) is 80.4 cm³/mol. The van der Waals surface area contributed by atoms with Gasteiger partial charge in [-0.25, -0.2) is 4.79 Å². The zero-order valence-electron chi connectivity index (χ0n) is 10.7. The number of hydrogen-bond acceptors (Lipinski definition) is 3. The number of hydrogen-bond donors (Lipinski definition) is 1. The molecule has 0 unspecified atom stereocenters. The molecule has 1 heterocycles. The Labute approximate surface area is 120 Å². The molecular weight excluding hydrogens is 276 g/mol. The van der Waals surface area contributed by atoms with Gasteiger partial charge in [0.1, 0.15) is 0 Å². The molecule has 1 N–H and O–H groups in total. The Morgan fingerprint density at radius 3 is 2.65 bits per heavy atom. The number of rotatable bonds is 4. The van der Waals surface area contributed by atoms with Crippen molar-refractivity contribution in [1.29, 1.82) is 0 Å². The largest absolute Gasteiger partial charge is 0.420 e. The van der Waals surface area contributed by atoms with Crippen molar-refractivity contribution in [1.82, 2.24) is 4.57 Å². The number of para-hydroxylation sites is 2. The van der Waals surface area contributed by atoms with E-state index < -0.39 is 0 Å². The zero-order chi connectivity index (χ0) is 13.9. The minimum absolute atomic E-state index is 0.330. The van der Waals surface area contributed by atoms with Gasteiger partial charge in [-0.15, -0.1) is 0 Å². The molecule has 1 aromatic heterocycles. The summed E-state index contributed by atoms with van der Waals surface area (Å²) in [5.74, 6) is -0.330. The fourth-order valence-corrected chi connectivity index (χ4v) is 2.23. The average Bonchev–Trinajstić information content (AvgIpc) is 2.77. The van der Waals surface area contributed by atoms with Crippen LogP contribution in [0, 0.1) is 0 Å². The van der Waals surface area contributed by atoms with E-state index in [0.29, 0.717) is 23.7 Å². The summed E-state index contributed by atoms with van der Waals surface area (Å²) in [5.41, 5.74) is 2.40. The monoisotopic (exact) mass is 288 g/mol. The van der Waals surface area contributed by atoms with Crippen LogP contribution in [0.25, 0.3) is 11.1 Å². The van der Waals surface area contributed by atoms with Gasteiger partial charge in [0.25, 0.3) is 0 Å². The first kappa shape index (κ1) is 12.8. The topological polar surface area (TPSA) is 47.2 Å². The number of aromatic nitrogens is 1. The maximum Gasteiger partial charge on any atom is 0.420 e. The fourth-order valence-electron chi connectivity index (χ4n) is 2.11. The van der Waals surface area contributed by atoms with Crippen LogP contribution < -0.4 is 11.1 Å². The van der Waals surface area contributed by atoms with Gasteiger partial charge in [-0.1, -0.05) is 23.7 Å². The number of nitrogens with zero attached hydrogens (tertiary/aromatic N) is 1. The lowest BCUT2D eigenvalue weighted by atomic mass is 10.3. The summed E-state index contributed by atoms with van der Waals surface area (Å²) >= 11 is 5.83. The molecule has 0 saturated carbocycles. The highest BCUT2D eigenvalue weighted by molar-refractivity contribution is 6.30. The van der Waals surface area contributed by atoms with Gasteiger partial charge in [0.2, 0.25) is 0 Å². The van der Waals surface area contributed by atoms with E-state index in [1.54, 1.807) is 10.6 Å². The van der Waals surface area contributed by atoms with Gasteiger partial charge in [-0.3, -0.25) is 4.57 Å². The summed E-state index contributed by atoms with van der Waals surface area (Å²) in [5, 5.41) is 3.94. The van der Waals surface area contributed by atoms with Crippen LogP contribution in [0.1, 0.15) is 0 Å². The van der Waals surface area contributed by atoms with Crippen molar-refractivity contribution >= 4 is 28.4 Å². The molecule has 5 heteroatoms. The first-order valence-corrected chi connectivity index (χ1v) is 6.70. The maximum atomic E-state index is 11.8. The summed E-state index contributed by atoms with van der Waals surface area (Å²) in [6.45, 7) is 1.17. The molecule has 4 nitrogen and oxygen atoms in total. The average molecular weight is 289 g/mol. The van der Waals surface area contributed by atoms with Crippen LogP contribution in [-0.4, -0.2) is 11.1 Å². The van der Waals surface area contributed by atoms with E-state index in [1.807, 2.05) is 42.5 Å². The SMILES string of the molecule is O=c1oc2ccccc2n1CCNc1ccc(Cl)cc1. The lowest BCUT2D eigenvalue weighted by Crippen LogP contribution is -2.19. The Morgan fingerprint density at radius 2 is 1.85 bits per heavy atom. The molecule has 0 fully saturated rings. The number of halogens is 1. The normalized spacial score (nSPS) is 10.8. The second-order valence-corrected chi connectivity index (χ2v) is 4.86. The van der Waals surface area contributed by atoms with Crippen molar-refractivity contribution in [2.75, 3.05) is 11.9 Å². The van der Waals surface area contributed by atoms with Crippen LogP contribution in [0.3, 0.4) is 0 Å². The number of fused-ring (bicyclic) bond motifs is 1. The van der Waals surface area contributed by atoms with E-state index in [1.165, 1.54) is 0 Å².